The van der Waals surface area contributed by atoms with Gasteiger partial charge < -0.3 is 14.4 Å². The van der Waals surface area contributed by atoms with Crippen LogP contribution in [0, 0.1) is 0 Å². The molecule has 0 N–H and O–H groups in total. The first-order chi connectivity index (χ1) is 18.0. The zero-order chi connectivity index (χ0) is 25.8. The van der Waals surface area contributed by atoms with E-state index in [2.05, 4.69) is 4.74 Å². The van der Waals surface area contributed by atoms with Crippen molar-refractivity contribution >= 4 is 40.3 Å². The van der Waals surface area contributed by atoms with Gasteiger partial charge in [-0.1, -0.05) is 84.4 Å². The van der Waals surface area contributed by atoms with Gasteiger partial charge in [-0.05, 0) is 47.0 Å². The number of halogens is 1. The standard InChI is InChI=1S/C31H24ClNO4/c1-36-28(34)20-37-25-17-11-21(12-18-25)19-33-27-10-6-5-9-26(27)30(31(33)35)29(22-7-3-2-4-8-22)23-13-15-24(32)16-14-23/h2-18H,19-20H2,1H3. The number of para-hydroxylation sites is 1. The van der Waals surface area contributed by atoms with Gasteiger partial charge in [-0.3, -0.25) is 4.79 Å². The molecule has 0 fully saturated rings. The molecule has 1 aliphatic heterocycles. The summed E-state index contributed by atoms with van der Waals surface area (Å²) in [6, 6.07) is 32.7. The molecule has 0 saturated carbocycles. The molecule has 37 heavy (non-hydrogen) atoms. The van der Waals surface area contributed by atoms with Crippen molar-refractivity contribution in [3.8, 4) is 5.75 Å². The molecule has 1 amide bonds. The summed E-state index contributed by atoms with van der Waals surface area (Å²) in [4.78, 5) is 27.2. The number of rotatable bonds is 7. The van der Waals surface area contributed by atoms with Gasteiger partial charge >= 0.3 is 5.97 Å². The van der Waals surface area contributed by atoms with E-state index in [1.54, 1.807) is 17.0 Å². The zero-order valence-corrected chi connectivity index (χ0v) is 20.9. The molecule has 0 radical (unpaired) electrons. The summed E-state index contributed by atoms with van der Waals surface area (Å²) in [7, 11) is 1.32. The number of esters is 1. The first-order valence-electron chi connectivity index (χ1n) is 11.8. The molecule has 184 valence electrons. The maximum absolute atomic E-state index is 14.1. The van der Waals surface area contributed by atoms with Gasteiger partial charge in [-0.25, -0.2) is 4.79 Å². The number of carbonyl (C=O) groups is 2. The van der Waals surface area contributed by atoms with Gasteiger partial charge in [0.15, 0.2) is 6.61 Å². The Bertz CT molecular complexity index is 1460. The molecule has 5 nitrogen and oxygen atoms in total. The Labute approximate surface area is 220 Å². The number of ether oxygens (including phenoxy) is 2. The first-order valence-corrected chi connectivity index (χ1v) is 12.2. The van der Waals surface area contributed by atoms with Crippen molar-refractivity contribution in [1.29, 1.82) is 0 Å². The highest BCUT2D eigenvalue weighted by atomic mass is 35.5. The van der Waals surface area contributed by atoms with E-state index < -0.39 is 5.97 Å². The highest BCUT2D eigenvalue weighted by molar-refractivity contribution is 6.39. The van der Waals surface area contributed by atoms with E-state index in [1.807, 2.05) is 91.0 Å². The molecule has 0 unspecified atom stereocenters. The second-order valence-corrected chi connectivity index (χ2v) is 8.98. The van der Waals surface area contributed by atoms with Gasteiger partial charge in [0.05, 0.1) is 24.9 Å². The summed E-state index contributed by atoms with van der Waals surface area (Å²) >= 11 is 6.18. The summed E-state index contributed by atoms with van der Waals surface area (Å²) in [6.07, 6.45) is 0. The van der Waals surface area contributed by atoms with Crippen molar-refractivity contribution in [3.05, 3.63) is 130 Å². The Morgan fingerprint density at radius 2 is 1.46 bits per heavy atom. The van der Waals surface area contributed by atoms with Crippen LogP contribution in [0.2, 0.25) is 5.02 Å². The van der Waals surface area contributed by atoms with Crippen LogP contribution in [0.1, 0.15) is 22.3 Å². The molecule has 0 atom stereocenters. The molecular formula is C31H24ClNO4. The minimum Gasteiger partial charge on any atom is -0.482 e. The Morgan fingerprint density at radius 1 is 0.811 bits per heavy atom. The van der Waals surface area contributed by atoms with Crippen LogP contribution in [0.25, 0.3) is 11.1 Å². The quantitative estimate of drug-likeness (QED) is 0.214. The number of methoxy groups -OCH3 is 1. The Kier molecular flexibility index (Phi) is 7.06. The van der Waals surface area contributed by atoms with Crippen LogP contribution < -0.4 is 9.64 Å². The van der Waals surface area contributed by atoms with E-state index in [1.165, 1.54) is 7.11 Å². The van der Waals surface area contributed by atoms with Crippen LogP contribution in [0.4, 0.5) is 5.69 Å². The van der Waals surface area contributed by atoms with Gasteiger partial charge in [-0.15, -0.1) is 0 Å². The molecule has 4 aromatic carbocycles. The zero-order valence-electron chi connectivity index (χ0n) is 20.2. The van der Waals surface area contributed by atoms with Crippen molar-refractivity contribution in [2.45, 2.75) is 6.54 Å². The summed E-state index contributed by atoms with van der Waals surface area (Å²) < 4.78 is 10.1. The topological polar surface area (TPSA) is 55.8 Å². The minimum absolute atomic E-state index is 0.0685. The predicted molar refractivity (Wildman–Crippen MR) is 145 cm³/mol. The summed E-state index contributed by atoms with van der Waals surface area (Å²) in [5.74, 6) is 0.0376. The molecule has 0 aromatic heterocycles. The molecule has 4 aromatic rings. The fourth-order valence-electron chi connectivity index (χ4n) is 4.43. The SMILES string of the molecule is COC(=O)COc1ccc(CN2C(=O)C(=C(c3ccccc3)c3ccc(Cl)cc3)c3ccccc32)cc1. The van der Waals surface area contributed by atoms with Crippen molar-refractivity contribution in [1.82, 2.24) is 0 Å². The maximum atomic E-state index is 14.1. The lowest BCUT2D eigenvalue weighted by Gasteiger charge is -2.18. The van der Waals surface area contributed by atoms with Crippen LogP contribution in [-0.2, 0) is 20.9 Å². The molecule has 5 rings (SSSR count). The summed E-state index contributed by atoms with van der Waals surface area (Å²) in [5, 5.41) is 0.639. The number of benzene rings is 4. The average Bonchev–Trinajstić information content (AvgIpc) is 3.21. The molecule has 0 saturated heterocycles. The van der Waals surface area contributed by atoms with E-state index >= 15 is 0 Å². The Balaban J connectivity index is 1.54. The van der Waals surface area contributed by atoms with Gasteiger partial charge in [0.25, 0.3) is 5.91 Å². The molecule has 0 bridgehead atoms. The highest BCUT2D eigenvalue weighted by Crippen LogP contribution is 2.43. The highest BCUT2D eigenvalue weighted by Gasteiger charge is 2.35. The predicted octanol–water partition coefficient (Wildman–Crippen LogP) is 6.40. The largest absolute Gasteiger partial charge is 0.482 e. The fraction of sp³-hybridized carbons (Fsp3) is 0.0968. The number of nitrogens with zero attached hydrogens (tertiary/aromatic N) is 1. The third kappa shape index (κ3) is 5.13. The Morgan fingerprint density at radius 3 is 2.16 bits per heavy atom. The number of carbonyl (C=O) groups excluding carboxylic acids is 2. The number of anilines is 1. The monoisotopic (exact) mass is 509 g/mol. The van der Waals surface area contributed by atoms with Crippen molar-refractivity contribution in [2.75, 3.05) is 18.6 Å². The lowest BCUT2D eigenvalue weighted by atomic mass is 9.90. The van der Waals surface area contributed by atoms with Crippen molar-refractivity contribution in [2.24, 2.45) is 0 Å². The van der Waals surface area contributed by atoms with E-state index in [9.17, 15) is 9.59 Å². The van der Waals surface area contributed by atoms with E-state index in [4.69, 9.17) is 16.3 Å². The van der Waals surface area contributed by atoms with Gasteiger partial charge in [-0.2, -0.15) is 0 Å². The second-order valence-electron chi connectivity index (χ2n) is 8.54. The lowest BCUT2D eigenvalue weighted by Crippen LogP contribution is -2.26. The summed E-state index contributed by atoms with van der Waals surface area (Å²) in [5.41, 5.74) is 6.07. The van der Waals surface area contributed by atoms with E-state index in [0.29, 0.717) is 22.9 Å². The van der Waals surface area contributed by atoms with E-state index in [0.717, 1.165) is 33.5 Å². The van der Waals surface area contributed by atoms with Gasteiger partial charge in [0.2, 0.25) is 0 Å². The molecule has 0 spiro atoms. The smallest absolute Gasteiger partial charge is 0.343 e. The number of hydrogen-bond acceptors (Lipinski definition) is 4. The molecule has 0 aliphatic carbocycles. The van der Waals surface area contributed by atoms with Gasteiger partial charge in [0, 0.05) is 16.2 Å². The first kappa shape index (κ1) is 24.3. The molecule has 1 aliphatic rings. The maximum Gasteiger partial charge on any atom is 0.343 e. The molecule has 6 heteroatoms. The number of amides is 1. The van der Waals surface area contributed by atoms with E-state index in [-0.39, 0.29) is 12.5 Å². The van der Waals surface area contributed by atoms with Gasteiger partial charge in [0.1, 0.15) is 5.75 Å². The normalized spacial score (nSPS) is 13.8. The van der Waals surface area contributed by atoms with Crippen LogP contribution in [0.3, 0.4) is 0 Å². The van der Waals surface area contributed by atoms with Crippen LogP contribution in [0.5, 0.6) is 5.75 Å². The Hall–Kier alpha value is -4.35. The fourth-order valence-corrected chi connectivity index (χ4v) is 4.56. The molecule has 1 heterocycles. The lowest BCUT2D eigenvalue weighted by molar-refractivity contribution is -0.142. The van der Waals surface area contributed by atoms with Crippen LogP contribution >= 0.6 is 11.6 Å². The third-order valence-corrected chi connectivity index (χ3v) is 6.47. The van der Waals surface area contributed by atoms with Crippen molar-refractivity contribution < 1.29 is 19.1 Å². The third-order valence-electron chi connectivity index (χ3n) is 6.22. The van der Waals surface area contributed by atoms with Crippen molar-refractivity contribution in [3.63, 3.8) is 0 Å². The molecular weight excluding hydrogens is 486 g/mol. The second kappa shape index (κ2) is 10.7. The average molecular weight is 510 g/mol. The summed E-state index contributed by atoms with van der Waals surface area (Å²) in [6.45, 7) is 0.230. The van der Waals surface area contributed by atoms with Crippen LogP contribution in [-0.4, -0.2) is 25.6 Å². The minimum atomic E-state index is -0.447. The number of hydrogen-bond donors (Lipinski definition) is 0. The number of fused-ring (bicyclic) bond motifs is 1. The van der Waals surface area contributed by atoms with Crippen LogP contribution in [0.15, 0.2) is 103 Å².